The number of aliphatic hydroxyl groups excluding tert-OH is 1. The molecule has 0 rings (SSSR count). The Hall–Kier alpha value is -5.32. The minimum absolute atomic E-state index is 0.0273. The maximum atomic E-state index is 13.1. The minimum Gasteiger partial charge on any atom is -0.462 e. The summed E-state index contributed by atoms with van der Waals surface area (Å²) in [6.45, 7) is 4.37. The van der Waals surface area contributed by atoms with Crippen LogP contribution in [-0.4, -0.2) is 96.7 Å². The second kappa shape index (κ2) is 72.0. The summed E-state index contributed by atoms with van der Waals surface area (Å²) >= 11 is 0. The lowest BCUT2D eigenvalue weighted by molar-refractivity contribution is -0.161. The number of allylic oxidation sites excluding steroid dienone is 26. The van der Waals surface area contributed by atoms with Gasteiger partial charge in [-0.15, -0.1) is 0 Å². The molecule has 19 heteroatoms. The third-order valence-corrected chi connectivity index (χ3v) is 16.9. The zero-order valence-electron chi connectivity index (χ0n) is 61.8. The highest BCUT2D eigenvalue weighted by molar-refractivity contribution is 7.47. The van der Waals surface area contributed by atoms with Crippen LogP contribution in [0.25, 0.3) is 0 Å². The Bertz CT molecular complexity index is 2520. The second-order valence-electron chi connectivity index (χ2n) is 24.5. The fraction of sp³-hybridized carbons (Fsp3) is 0.630. The van der Waals surface area contributed by atoms with Crippen LogP contribution >= 0.6 is 15.6 Å². The topological polar surface area (TPSA) is 237 Å². The van der Waals surface area contributed by atoms with E-state index < -0.39 is 97.5 Å². The number of aliphatic hydroxyl groups is 1. The van der Waals surface area contributed by atoms with Crippen molar-refractivity contribution >= 4 is 39.5 Å². The number of carbonyl (C=O) groups is 4. The van der Waals surface area contributed by atoms with Gasteiger partial charge in [-0.1, -0.05) is 250 Å². The maximum Gasteiger partial charge on any atom is 0.472 e. The van der Waals surface area contributed by atoms with Gasteiger partial charge in [-0.05, 0) is 154 Å². The standard InChI is InChI=1S/C81H132O17P2/c1-5-9-13-17-21-25-29-33-35-36-37-38-40-44-46-50-54-58-62-66-79(84)92-72-77(98-81(86)68-64-60-56-52-48-42-32-28-24-20-16-12-8-4)74-96-100(89,90)94-70-75(82)69-93-99(87,88)95-73-76(97-80(85)67-63-59-55-51-47-41-31-27-23-19-15-11-7-3)71-91-78(83)65-61-57-53-49-45-43-39-34-30-26-22-18-14-10-6-2/h9-10,13-14,16,20-22,25-28,31-35,37-39,44-46,49,54,58,75-77,82H,5-8,11-12,15,17-19,23-24,29-30,36,40-43,47-48,50-53,55-57,59-74H2,1-4H3,(H,87,88)(H,89,90)/b13-9-,14-10-,20-16-,25-21-,26-22-,31-27-,32-28-,35-33-,38-37-,39-34-,46-44-,49-45-,58-54-. The Morgan fingerprint density at radius 3 is 0.930 bits per heavy atom. The quantitative estimate of drug-likeness (QED) is 0.0169. The van der Waals surface area contributed by atoms with E-state index in [0.29, 0.717) is 32.1 Å². The molecule has 0 aliphatic carbocycles. The molecule has 0 radical (unpaired) electrons. The SMILES string of the molecule is CC/C=C\C/C=C\C/C=C\C/C=C\C/C=C\C/C=C\CCC(=O)OCC(COP(=O)(O)OCC(O)COP(=O)(O)OCC(COC(=O)CCCC/C=C\C/C=C\C/C=C\C/C=C\CC)OC(=O)CCCCCCC/C=C\CCCCCC)OC(=O)CCCCCCC/C=C\C/C=C\CCC. The highest BCUT2D eigenvalue weighted by Gasteiger charge is 2.30. The first-order valence-corrected chi connectivity index (χ1v) is 40.7. The van der Waals surface area contributed by atoms with Crippen LogP contribution in [0.5, 0.6) is 0 Å². The van der Waals surface area contributed by atoms with E-state index >= 15 is 0 Å². The van der Waals surface area contributed by atoms with E-state index in [1.54, 1.807) is 0 Å². The molecule has 5 unspecified atom stereocenters. The lowest BCUT2D eigenvalue weighted by atomic mass is 10.1. The largest absolute Gasteiger partial charge is 0.472 e. The molecule has 0 aliphatic heterocycles. The normalized spacial score (nSPS) is 14.8. The zero-order valence-corrected chi connectivity index (χ0v) is 63.6. The first kappa shape index (κ1) is 94.7. The number of phosphoric ester groups is 2. The predicted octanol–water partition coefficient (Wildman–Crippen LogP) is 21.7. The van der Waals surface area contributed by atoms with Crippen LogP contribution in [0.2, 0.25) is 0 Å². The highest BCUT2D eigenvalue weighted by Crippen LogP contribution is 2.45. The molecule has 0 aromatic rings. The Labute approximate surface area is 604 Å². The van der Waals surface area contributed by atoms with E-state index in [9.17, 15) is 43.2 Å². The molecule has 0 aliphatic rings. The van der Waals surface area contributed by atoms with Crippen molar-refractivity contribution in [3.05, 3.63) is 158 Å². The highest BCUT2D eigenvalue weighted by atomic mass is 31.2. The molecular weight excluding hydrogens is 1310 g/mol. The Kier molecular flexibility index (Phi) is 68.2. The number of ether oxygens (including phenoxy) is 4. The van der Waals surface area contributed by atoms with Crippen molar-refractivity contribution in [2.75, 3.05) is 39.6 Å². The van der Waals surface area contributed by atoms with Crippen LogP contribution < -0.4 is 0 Å². The van der Waals surface area contributed by atoms with Crippen molar-refractivity contribution in [3.8, 4) is 0 Å². The van der Waals surface area contributed by atoms with Crippen LogP contribution in [0.1, 0.15) is 272 Å². The van der Waals surface area contributed by atoms with Crippen molar-refractivity contribution in [3.63, 3.8) is 0 Å². The molecule has 0 aromatic heterocycles. The first-order chi connectivity index (χ1) is 48.7. The van der Waals surface area contributed by atoms with E-state index in [1.807, 2.05) is 18.2 Å². The first-order valence-electron chi connectivity index (χ1n) is 37.7. The molecule has 0 spiro atoms. The van der Waals surface area contributed by atoms with E-state index in [-0.39, 0.29) is 25.7 Å². The zero-order chi connectivity index (χ0) is 73.2. The van der Waals surface area contributed by atoms with Crippen molar-refractivity contribution in [2.24, 2.45) is 0 Å². The smallest absolute Gasteiger partial charge is 0.462 e. The number of phosphoric acid groups is 2. The van der Waals surface area contributed by atoms with Crippen molar-refractivity contribution in [2.45, 2.75) is 290 Å². The van der Waals surface area contributed by atoms with Gasteiger partial charge in [0.05, 0.1) is 26.4 Å². The summed E-state index contributed by atoms with van der Waals surface area (Å²) < 4.78 is 68.3. The van der Waals surface area contributed by atoms with Crippen LogP contribution in [0.3, 0.4) is 0 Å². The van der Waals surface area contributed by atoms with Gasteiger partial charge in [-0.2, -0.15) is 0 Å². The average molecular weight is 1440 g/mol. The number of esters is 4. The second-order valence-corrected chi connectivity index (χ2v) is 27.4. The summed E-state index contributed by atoms with van der Waals surface area (Å²) in [5.41, 5.74) is 0. The van der Waals surface area contributed by atoms with Gasteiger partial charge in [0.2, 0.25) is 0 Å². The van der Waals surface area contributed by atoms with Gasteiger partial charge in [0.1, 0.15) is 19.3 Å². The van der Waals surface area contributed by atoms with Gasteiger partial charge in [-0.3, -0.25) is 37.3 Å². The minimum atomic E-state index is -5.00. The molecule has 568 valence electrons. The Morgan fingerprint density at radius 1 is 0.290 bits per heavy atom. The fourth-order valence-corrected chi connectivity index (χ4v) is 10.8. The van der Waals surface area contributed by atoms with Gasteiger partial charge < -0.3 is 33.8 Å². The Morgan fingerprint density at radius 2 is 0.560 bits per heavy atom. The third kappa shape index (κ3) is 71.1. The molecule has 17 nitrogen and oxygen atoms in total. The van der Waals surface area contributed by atoms with Crippen LogP contribution in [-0.2, 0) is 65.4 Å². The monoisotopic (exact) mass is 1440 g/mol. The molecule has 0 fully saturated rings. The van der Waals surface area contributed by atoms with Crippen LogP contribution in [0.15, 0.2) is 158 Å². The van der Waals surface area contributed by atoms with Crippen molar-refractivity contribution in [1.82, 2.24) is 0 Å². The number of rotatable bonds is 69. The lowest BCUT2D eigenvalue weighted by Gasteiger charge is -2.21. The van der Waals surface area contributed by atoms with Gasteiger partial charge >= 0.3 is 39.5 Å². The van der Waals surface area contributed by atoms with Crippen molar-refractivity contribution in [1.29, 1.82) is 0 Å². The van der Waals surface area contributed by atoms with Crippen molar-refractivity contribution < 1.29 is 80.2 Å². The molecule has 0 bridgehead atoms. The Balaban J connectivity index is 5.46. The van der Waals surface area contributed by atoms with Gasteiger partial charge in [-0.25, -0.2) is 9.13 Å². The lowest BCUT2D eigenvalue weighted by Crippen LogP contribution is -2.30. The van der Waals surface area contributed by atoms with Gasteiger partial charge in [0, 0.05) is 25.7 Å². The van der Waals surface area contributed by atoms with Gasteiger partial charge in [0.25, 0.3) is 0 Å². The van der Waals surface area contributed by atoms with Gasteiger partial charge in [0.15, 0.2) is 12.2 Å². The molecule has 0 amide bonds. The third-order valence-electron chi connectivity index (χ3n) is 15.0. The van der Waals surface area contributed by atoms with E-state index in [0.717, 1.165) is 161 Å². The summed E-state index contributed by atoms with van der Waals surface area (Å²) in [4.78, 5) is 72.8. The molecule has 0 saturated carbocycles. The number of unbranched alkanes of at least 4 members (excludes halogenated alkanes) is 17. The summed E-state index contributed by atoms with van der Waals surface area (Å²) in [6.07, 6.45) is 82.6. The summed E-state index contributed by atoms with van der Waals surface area (Å²) in [7, 11) is -10.00. The van der Waals surface area contributed by atoms with E-state index in [4.69, 9.17) is 37.0 Å². The van der Waals surface area contributed by atoms with Crippen LogP contribution in [0, 0.1) is 0 Å². The van der Waals surface area contributed by atoms with E-state index in [1.165, 1.54) is 25.7 Å². The molecule has 0 heterocycles. The molecule has 0 aromatic carbocycles. The molecule has 5 atom stereocenters. The maximum absolute atomic E-state index is 13.1. The molecule has 0 saturated heterocycles. The average Bonchev–Trinajstić information content (AvgIpc) is 0.935. The summed E-state index contributed by atoms with van der Waals surface area (Å²) in [5, 5.41) is 10.6. The predicted molar refractivity (Wildman–Crippen MR) is 408 cm³/mol. The summed E-state index contributed by atoms with van der Waals surface area (Å²) in [6, 6.07) is 0. The van der Waals surface area contributed by atoms with Crippen LogP contribution in [0.4, 0.5) is 0 Å². The molecule has 100 heavy (non-hydrogen) atoms. The fourth-order valence-electron chi connectivity index (χ4n) is 9.27. The summed E-state index contributed by atoms with van der Waals surface area (Å²) in [5.74, 6) is -2.36. The molecule has 3 N–H and O–H groups in total. The number of hydrogen-bond donors (Lipinski definition) is 3. The number of hydrogen-bond acceptors (Lipinski definition) is 15. The molecular formula is C81H132O17P2. The number of carbonyl (C=O) groups excluding carboxylic acids is 4. The van der Waals surface area contributed by atoms with E-state index in [2.05, 4.69) is 167 Å².